The number of carbonyl (C=O) groups is 1. The summed E-state index contributed by atoms with van der Waals surface area (Å²) < 4.78 is 7.93. The molecule has 0 spiro atoms. The number of esters is 1. The lowest BCUT2D eigenvalue weighted by molar-refractivity contribution is 0.0740. The van der Waals surface area contributed by atoms with E-state index in [0.29, 0.717) is 10.6 Å². The summed E-state index contributed by atoms with van der Waals surface area (Å²) in [4.78, 5) is 14.6. The number of benzene rings is 1. The van der Waals surface area contributed by atoms with Crippen LogP contribution in [0.15, 0.2) is 36.4 Å². The van der Waals surface area contributed by atoms with Crippen molar-refractivity contribution in [3.63, 3.8) is 0 Å². The summed E-state index contributed by atoms with van der Waals surface area (Å²) in [7, 11) is 0. The Hall–Kier alpha value is -1.65. The number of fused-ring (bicyclic) bond motifs is 1. The molecule has 2 heterocycles. The van der Waals surface area contributed by atoms with Gasteiger partial charge in [-0.2, -0.15) is 0 Å². The van der Waals surface area contributed by atoms with Crippen LogP contribution >= 0.6 is 22.7 Å². The average molecular weight is 415 g/mol. The number of hydrogen-bond donors (Lipinski definition) is 0. The van der Waals surface area contributed by atoms with Crippen molar-refractivity contribution in [2.75, 3.05) is 0 Å². The minimum atomic E-state index is -0.258. The van der Waals surface area contributed by atoms with Crippen molar-refractivity contribution in [3.8, 4) is 5.75 Å². The van der Waals surface area contributed by atoms with Gasteiger partial charge in [0, 0.05) is 14.3 Å². The predicted molar refractivity (Wildman–Crippen MR) is 122 cm³/mol. The van der Waals surface area contributed by atoms with Crippen LogP contribution in [0, 0.1) is 0 Å². The fourth-order valence-corrected chi connectivity index (χ4v) is 5.66. The van der Waals surface area contributed by atoms with Gasteiger partial charge < -0.3 is 4.74 Å². The zero-order valence-corrected chi connectivity index (χ0v) is 18.6. The van der Waals surface area contributed by atoms with Crippen LogP contribution in [0.4, 0.5) is 0 Å². The van der Waals surface area contributed by atoms with E-state index in [-0.39, 0.29) is 5.97 Å². The van der Waals surface area contributed by atoms with Crippen LogP contribution in [0.2, 0.25) is 0 Å². The van der Waals surface area contributed by atoms with E-state index in [1.807, 2.05) is 41.7 Å². The first-order valence-electron chi connectivity index (χ1n) is 10.5. The van der Waals surface area contributed by atoms with E-state index in [2.05, 4.69) is 19.9 Å². The average Bonchev–Trinajstić information content (AvgIpc) is 3.27. The number of rotatable bonds is 11. The van der Waals surface area contributed by atoms with E-state index in [9.17, 15) is 4.79 Å². The summed E-state index contributed by atoms with van der Waals surface area (Å²) in [5.74, 6) is 0.352. The highest BCUT2D eigenvalue weighted by Crippen LogP contribution is 2.34. The standard InChI is InChI=1S/C24H30O2S2/c1-3-5-6-7-8-9-10-11-20-16-21-22(27-20)17-23(28-21)24(25)26-19-14-12-18(4-2)13-15-19/h12-17H,3-11H2,1-2H3. The Balaban J connectivity index is 1.49. The van der Waals surface area contributed by atoms with Crippen molar-refractivity contribution in [2.24, 2.45) is 0 Å². The topological polar surface area (TPSA) is 26.3 Å². The van der Waals surface area contributed by atoms with Crippen LogP contribution in [-0.2, 0) is 12.8 Å². The van der Waals surface area contributed by atoms with Crippen molar-refractivity contribution in [3.05, 3.63) is 51.7 Å². The quantitative estimate of drug-likeness (QED) is 0.180. The highest BCUT2D eigenvalue weighted by Gasteiger charge is 2.15. The number of ether oxygens (including phenoxy) is 1. The molecule has 3 rings (SSSR count). The van der Waals surface area contributed by atoms with Crippen molar-refractivity contribution in [1.82, 2.24) is 0 Å². The monoisotopic (exact) mass is 414 g/mol. The van der Waals surface area contributed by atoms with Crippen LogP contribution < -0.4 is 4.74 Å². The number of carbonyl (C=O) groups excluding carboxylic acids is 1. The molecule has 4 heteroatoms. The van der Waals surface area contributed by atoms with E-state index in [1.165, 1.54) is 64.8 Å². The molecule has 1 aromatic carbocycles. The molecule has 2 aromatic heterocycles. The van der Waals surface area contributed by atoms with Gasteiger partial charge in [-0.3, -0.25) is 0 Å². The van der Waals surface area contributed by atoms with E-state index in [0.717, 1.165) is 12.8 Å². The maximum absolute atomic E-state index is 12.4. The molecule has 0 bridgehead atoms. The van der Waals surface area contributed by atoms with E-state index in [1.54, 1.807) is 11.3 Å². The molecule has 0 radical (unpaired) electrons. The molecule has 0 atom stereocenters. The maximum atomic E-state index is 12.4. The fraction of sp³-hybridized carbons (Fsp3) is 0.458. The lowest BCUT2D eigenvalue weighted by atomic mass is 10.1. The second-order valence-corrected chi connectivity index (χ2v) is 9.56. The smallest absolute Gasteiger partial charge is 0.353 e. The number of thiophene rings is 2. The van der Waals surface area contributed by atoms with Crippen molar-refractivity contribution < 1.29 is 9.53 Å². The first-order valence-corrected chi connectivity index (χ1v) is 12.2. The van der Waals surface area contributed by atoms with Gasteiger partial charge in [0.15, 0.2) is 0 Å². The van der Waals surface area contributed by atoms with E-state index in [4.69, 9.17) is 4.74 Å². The third kappa shape index (κ3) is 5.92. The van der Waals surface area contributed by atoms with Crippen LogP contribution in [0.1, 0.15) is 78.9 Å². The van der Waals surface area contributed by atoms with Crippen LogP contribution in [0.25, 0.3) is 9.40 Å². The summed E-state index contributed by atoms with van der Waals surface area (Å²) >= 11 is 3.36. The van der Waals surface area contributed by atoms with Gasteiger partial charge in [0.2, 0.25) is 0 Å². The summed E-state index contributed by atoms with van der Waals surface area (Å²) in [6.07, 6.45) is 11.5. The van der Waals surface area contributed by atoms with Gasteiger partial charge in [-0.15, -0.1) is 22.7 Å². The number of hydrogen-bond acceptors (Lipinski definition) is 4. The second-order valence-electron chi connectivity index (χ2n) is 7.31. The molecular weight excluding hydrogens is 384 g/mol. The highest BCUT2D eigenvalue weighted by atomic mass is 32.1. The summed E-state index contributed by atoms with van der Waals surface area (Å²) in [5.41, 5.74) is 1.24. The normalized spacial score (nSPS) is 11.2. The Kier molecular flexibility index (Phi) is 8.11. The van der Waals surface area contributed by atoms with Gasteiger partial charge in [0.1, 0.15) is 10.6 Å². The SMILES string of the molecule is CCCCCCCCCc1cc2sc(C(=O)Oc3ccc(CC)cc3)cc2s1. The van der Waals surface area contributed by atoms with Gasteiger partial charge in [-0.1, -0.05) is 64.5 Å². The lowest BCUT2D eigenvalue weighted by Gasteiger charge is -2.03. The molecule has 0 fully saturated rings. The number of aryl methyl sites for hydroxylation is 2. The molecule has 0 aliphatic rings. The van der Waals surface area contributed by atoms with Gasteiger partial charge >= 0.3 is 5.97 Å². The third-order valence-electron chi connectivity index (χ3n) is 5.03. The fourth-order valence-electron chi connectivity index (χ4n) is 3.32. The van der Waals surface area contributed by atoms with Gasteiger partial charge in [-0.25, -0.2) is 4.79 Å². The van der Waals surface area contributed by atoms with Crippen molar-refractivity contribution >= 4 is 38.0 Å². The second kappa shape index (κ2) is 10.8. The van der Waals surface area contributed by atoms with Gasteiger partial charge in [-0.05, 0) is 49.1 Å². The Bertz CT molecular complexity index is 842. The Morgan fingerprint density at radius 3 is 2.21 bits per heavy atom. The van der Waals surface area contributed by atoms with Gasteiger partial charge in [0.05, 0.1) is 0 Å². The molecule has 0 saturated carbocycles. The Labute approximate surface area is 176 Å². The molecule has 0 aliphatic carbocycles. The van der Waals surface area contributed by atoms with Crippen molar-refractivity contribution in [2.45, 2.75) is 71.6 Å². The molecule has 0 amide bonds. The Morgan fingerprint density at radius 1 is 0.857 bits per heavy atom. The molecule has 3 aromatic rings. The molecule has 150 valence electrons. The summed E-state index contributed by atoms with van der Waals surface area (Å²) in [5, 5.41) is 0. The van der Waals surface area contributed by atoms with Crippen molar-refractivity contribution in [1.29, 1.82) is 0 Å². The molecule has 0 saturated heterocycles. The molecule has 0 N–H and O–H groups in total. The zero-order chi connectivity index (χ0) is 19.8. The molecular formula is C24H30O2S2. The largest absolute Gasteiger partial charge is 0.422 e. The molecule has 0 unspecified atom stereocenters. The summed E-state index contributed by atoms with van der Waals surface area (Å²) in [6, 6.07) is 12.0. The molecule has 2 nitrogen and oxygen atoms in total. The highest BCUT2D eigenvalue weighted by molar-refractivity contribution is 7.28. The minimum Gasteiger partial charge on any atom is -0.422 e. The first-order chi connectivity index (χ1) is 13.7. The van der Waals surface area contributed by atoms with E-state index >= 15 is 0 Å². The predicted octanol–water partition coefficient (Wildman–Crippen LogP) is 8.04. The third-order valence-corrected chi connectivity index (χ3v) is 7.36. The number of unbranched alkanes of at least 4 members (excludes halogenated alkanes) is 6. The Morgan fingerprint density at radius 2 is 1.54 bits per heavy atom. The first kappa shape index (κ1) is 21.1. The maximum Gasteiger partial charge on any atom is 0.353 e. The van der Waals surface area contributed by atoms with E-state index < -0.39 is 0 Å². The lowest BCUT2D eigenvalue weighted by Crippen LogP contribution is -2.06. The summed E-state index contributed by atoms with van der Waals surface area (Å²) in [6.45, 7) is 4.37. The van der Waals surface area contributed by atoms with Crippen LogP contribution in [0.3, 0.4) is 0 Å². The van der Waals surface area contributed by atoms with Gasteiger partial charge in [0.25, 0.3) is 0 Å². The molecule has 28 heavy (non-hydrogen) atoms. The van der Waals surface area contributed by atoms with Crippen LogP contribution in [-0.4, -0.2) is 5.97 Å². The minimum absolute atomic E-state index is 0.258. The zero-order valence-electron chi connectivity index (χ0n) is 17.0. The van der Waals surface area contributed by atoms with Crippen LogP contribution in [0.5, 0.6) is 5.75 Å². The molecule has 0 aliphatic heterocycles.